The molecule has 0 radical (unpaired) electrons. The largest absolute Gasteiger partial charge is 0.379 e. The summed E-state index contributed by atoms with van der Waals surface area (Å²) in [5.74, 6) is 0. The van der Waals surface area contributed by atoms with Gasteiger partial charge in [0.15, 0.2) is 0 Å². The molecule has 6 nitrogen and oxygen atoms in total. The van der Waals surface area contributed by atoms with Crippen LogP contribution in [-0.4, -0.2) is 63.7 Å². The average Bonchev–Trinajstić information content (AvgIpc) is 2.89. The van der Waals surface area contributed by atoms with E-state index in [0.29, 0.717) is 43.6 Å². The van der Waals surface area contributed by atoms with Gasteiger partial charge in [0.1, 0.15) is 36.8 Å². The van der Waals surface area contributed by atoms with Crippen molar-refractivity contribution in [3.63, 3.8) is 0 Å². The second-order valence-electron chi connectivity index (χ2n) is 9.49. The van der Waals surface area contributed by atoms with E-state index in [2.05, 4.69) is 27.7 Å². The highest BCUT2D eigenvalue weighted by Gasteiger charge is 2.49. The van der Waals surface area contributed by atoms with Gasteiger partial charge in [-0.15, -0.1) is 0 Å². The van der Waals surface area contributed by atoms with Gasteiger partial charge in [-0.1, -0.05) is 71.0 Å². The van der Waals surface area contributed by atoms with Gasteiger partial charge in [-0.05, 0) is 37.8 Å². The Hall–Kier alpha value is -1.02. The molecule has 1 aliphatic heterocycles. The van der Waals surface area contributed by atoms with Crippen LogP contribution in [0.1, 0.15) is 101 Å². The smallest absolute Gasteiger partial charge is 0.150 e. The summed E-state index contributed by atoms with van der Waals surface area (Å²) in [6, 6.07) is 5.26. The first-order valence-electron chi connectivity index (χ1n) is 13.9. The average molecular weight is 527 g/mol. The van der Waals surface area contributed by atoms with Crippen molar-refractivity contribution < 1.29 is 28.5 Å². The Balaban J connectivity index is 2.45. The summed E-state index contributed by atoms with van der Waals surface area (Å²) >= 11 is 6.66. The Labute approximate surface area is 223 Å². The number of ether oxygens (including phenoxy) is 5. The number of unbranched alkanes of at least 4 members (excludes halogenated alkanes) is 4. The second kappa shape index (κ2) is 18.3. The second-order valence-corrected chi connectivity index (χ2v) is 9.90. The first-order chi connectivity index (χ1) is 17.6. The van der Waals surface area contributed by atoms with Gasteiger partial charge in [-0.25, -0.2) is 0 Å². The molecule has 0 saturated carbocycles. The van der Waals surface area contributed by atoms with Crippen LogP contribution >= 0.6 is 11.6 Å². The molecule has 5 atom stereocenters. The van der Waals surface area contributed by atoms with E-state index in [9.17, 15) is 4.79 Å². The maximum Gasteiger partial charge on any atom is 0.150 e. The van der Waals surface area contributed by atoms with E-state index in [0.717, 1.165) is 63.2 Å². The number of halogens is 1. The van der Waals surface area contributed by atoms with Gasteiger partial charge < -0.3 is 23.7 Å². The molecule has 1 aromatic carbocycles. The molecule has 0 amide bonds. The Morgan fingerprint density at radius 3 is 1.94 bits per heavy atom. The minimum absolute atomic E-state index is 0.328. The first kappa shape index (κ1) is 31.2. The maximum atomic E-state index is 11.6. The van der Waals surface area contributed by atoms with Crippen molar-refractivity contribution >= 4 is 17.9 Å². The van der Waals surface area contributed by atoms with Gasteiger partial charge in [0, 0.05) is 42.6 Å². The number of carbonyl (C=O) groups is 1. The summed E-state index contributed by atoms with van der Waals surface area (Å²) in [5.41, 5.74) is 1.28. The molecule has 36 heavy (non-hydrogen) atoms. The van der Waals surface area contributed by atoms with Crippen molar-refractivity contribution in [2.45, 2.75) is 110 Å². The first-order valence-corrected chi connectivity index (χ1v) is 14.3. The molecule has 7 heteroatoms. The van der Waals surface area contributed by atoms with Gasteiger partial charge in [-0.3, -0.25) is 4.79 Å². The summed E-state index contributed by atoms with van der Waals surface area (Å²) in [4.78, 5) is 11.6. The Morgan fingerprint density at radius 1 is 0.806 bits per heavy atom. The van der Waals surface area contributed by atoms with Crippen molar-refractivity contribution in [2.75, 3.05) is 33.0 Å². The summed E-state index contributed by atoms with van der Waals surface area (Å²) < 4.78 is 32.2. The van der Waals surface area contributed by atoms with E-state index in [1.807, 2.05) is 0 Å². The van der Waals surface area contributed by atoms with Gasteiger partial charge in [0.2, 0.25) is 0 Å². The molecule has 1 fully saturated rings. The van der Waals surface area contributed by atoms with Crippen LogP contribution in [0.15, 0.2) is 18.2 Å². The van der Waals surface area contributed by atoms with Crippen molar-refractivity contribution in [1.29, 1.82) is 0 Å². The summed E-state index contributed by atoms with van der Waals surface area (Å²) in [6.07, 6.45) is 6.85. The topological polar surface area (TPSA) is 63.2 Å². The molecule has 1 saturated heterocycles. The molecule has 1 aromatic rings. The normalized spacial score (nSPS) is 24.2. The highest BCUT2D eigenvalue weighted by molar-refractivity contribution is 6.31. The monoisotopic (exact) mass is 526 g/mol. The number of carbonyl (C=O) groups excluding carboxylic acids is 1. The van der Waals surface area contributed by atoms with Crippen LogP contribution in [0.25, 0.3) is 0 Å². The van der Waals surface area contributed by atoms with E-state index >= 15 is 0 Å². The van der Waals surface area contributed by atoms with E-state index in [-0.39, 0.29) is 18.3 Å². The molecule has 0 aliphatic carbocycles. The van der Waals surface area contributed by atoms with Crippen LogP contribution < -0.4 is 0 Å². The summed E-state index contributed by atoms with van der Waals surface area (Å²) in [5, 5.41) is 0.540. The Bertz CT molecular complexity index is 730. The number of aldehydes is 1. The molecular formula is C29H47ClO6. The van der Waals surface area contributed by atoms with E-state index in [1.54, 1.807) is 18.2 Å². The molecule has 1 heterocycles. The fourth-order valence-corrected chi connectivity index (χ4v) is 4.49. The Morgan fingerprint density at radius 2 is 1.36 bits per heavy atom. The number of hydrogen-bond donors (Lipinski definition) is 0. The number of rotatable bonds is 19. The Kier molecular flexibility index (Phi) is 15.8. The van der Waals surface area contributed by atoms with Crippen molar-refractivity contribution in [2.24, 2.45) is 0 Å². The van der Waals surface area contributed by atoms with Crippen LogP contribution in [0.3, 0.4) is 0 Å². The minimum Gasteiger partial charge on any atom is -0.379 e. The lowest BCUT2D eigenvalue weighted by Crippen LogP contribution is -2.58. The minimum atomic E-state index is -0.508. The lowest BCUT2D eigenvalue weighted by molar-refractivity contribution is -0.268. The van der Waals surface area contributed by atoms with Crippen LogP contribution in [0.4, 0.5) is 0 Å². The fraction of sp³-hybridized carbons (Fsp3) is 0.759. The molecule has 1 aliphatic rings. The number of hydrogen-bond acceptors (Lipinski definition) is 6. The third-order valence-electron chi connectivity index (χ3n) is 6.45. The highest BCUT2D eigenvalue weighted by atomic mass is 35.5. The summed E-state index contributed by atoms with van der Waals surface area (Å²) in [6.45, 7) is 11.5. The zero-order chi connectivity index (χ0) is 26.2. The van der Waals surface area contributed by atoms with Gasteiger partial charge in [0.05, 0.1) is 6.61 Å². The molecule has 206 valence electrons. The molecular weight excluding hydrogens is 480 g/mol. The van der Waals surface area contributed by atoms with E-state index in [1.165, 1.54) is 0 Å². The third-order valence-corrected chi connectivity index (χ3v) is 6.79. The van der Waals surface area contributed by atoms with Crippen LogP contribution in [0.2, 0.25) is 5.02 Å². The predicted octanol–water partition coefficient (Wildman–Crippen LogP) is 6.97. The van der Waals surface area contributed by atoms with Crippen molar-refractivity contribution in [1.82, 2.24) is 0 Å². The molecule has 2 unspecified atom stereocenters. The molecule has 0 aromatic heterocycles. The number of benzene rings is 1. The van der Waals surface area contributed by atoms with Crippen LogP contribution in [0, 0.1) is 0 Å². The van der Waals surface area contributed by atoms with Gasteiger partial charge in [-0.2, -0.15) is 0 Å². The molecule has 0 bridgehead atoms. The quantitative estimate of drug-likeness (QED) is 0.143. The standard InChI is InChI=1S/C29H47ClO6/c1-5-9-15-32-21-25-27(33-16-10-6-2)29(35-18-12-8-4)28(34-17-11-7-3)26(36-25)23-19-22(20-31)13-14-24(23)30/h13-14,19-20,25-29H,5-12,15-18,21H2,1-4H3/t25-,26?,27-,28+,29?/m1/s1. The van der Waals surface area contributed by atoms with Gasteiger partial charge in [0.25, 0.3) is 0 Å². The summed E-state index contributed by atoms with van der Waals surface area (Å²) in [7, 11) is 0. The molecule has 2 rings (SSSR count). The zero-order valence-electron chi connectivity index (χ0n) is 22.7. The van der Waals surface area contributed by atoms with E-state index in [4.69, 9.17) is 35.3 Å². The maximum absolute atomic E-state index is 11.6. The SMILES string of the molecule is CCCCOC[C@H]1OC(c2cc(C=O)ccc2Cl)[C@H](OCCCC)C(OCCCC)[C@@H]1OCCCC. The predicted molar refractivity (Wildman–Crippen MR) is 144 cm³/mol. The third kappa shape index (κ3) is 9.70. The lowest BCUT2D eigenvalue weighted by Gasteiger charge is -2.46. The van der Waals surface area contributed by atoms with Gasteiger partial charge >= 0.3 is 0 Å². The van der Waals surface area contributed by atoms with Crippen molar-refractivity contribution in [3.8, 4) is 0 Å². The molecule has 0 spiro atoms. The van der Waals surface area contributed by atoms with Crippen LogP contribution in [0.5, 0.6) is 0 Å². The highest BCUT2D eigenvalue weighted by Crippen LogP contribution is 2.40. The van der Waals surface area contributed by atoms with Crippen LogP contribution in [-0.2, 0) is 23.7 Å². The van der Waals surface area contributed by atoms with Crippen molar-refractivity contribution in [3.05, 3.63) is 34.3 Å². The zero-order valence-corrected chi connectivity index (χ0v) is 23.5. The lowest BCUT2D eigenvalue weighted by atomic mass is 9.89. The molecule has 0 N–H and O–H groups in total. The van der Waals surface area contributed by atoms with E-state index < -0.39 is 12.2 Å². The fourth-order valence-electron chi connectivity index (χ4n) is 4.26.